The molecule has 0 bridgehead atoms. The molecule has 0 saturated heterocycles. The van der Waals surface area contributed by atoms with Crippen LogP contribution >= 0.6 is 11.6 Å². The highest BCUT2D eigenvalue weighted by atomic mass is 35.5. The molecular formula is C13H14ClN3O3S. The van der Waals surface area contributed by atoms with Gasteiger partial charge in [-0.1, -0.05) is 11.6 Å². The first-order valence-corrected chi connectivity index (χ1v) is 7.78. The largest absolute Gasteiger partial charge is 0.495 e. The summed E-state index contributed by atoms with van der Waals surface area (Å²) in [5.74, 6) is 0.284. The van der Waals surface area contributed by atoms with Crippen LogP contribution in [0.2, 0.25) is 5.15 Å². The number of nitrogen functional groups attached to an aromatic ring is 1. The van der Waals surface area contributed by atoms with Gasteiger partial charge in [0.15, 0.2) is 5.15 Å². The number of aromatic nitrogens is 1. The lowest BCUT2D eigenvalue weighted by Gasteiger charge is -2.12. The van der Waals surface area contributed by atoms with Crippen molar-refractivity contribution in [1.82, 2.24) is 4.98 Å². The summed E-state index contributed by atoms with van der Waals surface area (Å²) in [5.41, 5.74) is 6.94. The molecule has 0 atom stereocenters. The summed E-state index contributed by atoms with van der Waals surface area (Å²) in [6, 6.07) is 5.86. The quantitative estimate of drug-likeness (QED) is 0.664. The number of nitrogens with zero attached hydrogens (tertiary/aromatic N) is 1. The van der Waals surface area contributed by atoms with E-state index in [0.29, 0.717) is 11.3 Å². The summed E-state index contributed by atoms with van der Waals surface area (Å²) >= 11 is 5.92. The monoisotopic (exact) mass is 327 g/mol. The van der Waals surface area contributed by atoms with Crippen LogP contribution in [-0.2, 0) is 10.0 Å². The predicted octanol–water partition coefficient (Wildman–Crippen LogP) is 2.44. The Kier molecular flexibility index (Phi) is 4.24. The zero-order chi connectivity index (χ0) is 15.6. The van der Waals surface area contributed by atoms with Crippen molar-refractivity contribution in [2.45, 2.75) is 11.8 Å². The van der Waals surface area contributed by atoms with Crippen molar-refractivity contribution in [2.75, 3.05) is 17.6 Å². The zero-order valence-electron chi connectivity index (χ0n) is 11.4. The van der Waals surface area contributed by atoms with Crippen LogP contribution in [0.25, 0.3) is 0 Å². The van der Waals surface area contributed by atoms with E-state index in [2.05, 4.69) is 9.71 Å². The molecule has 0 aliphatic carbocycles. The van der Waals surface area contributed by atoms with E-state index in [1.165, 1.54) is 31.5 Å². The first kappa shape index (κ1) is 15.4. The van der Waals surface area contributed by atoms with Gasteiger partial charge in [0.25, 0.3) is 10.0 Å². The number of hydrogen-bond acceptors (Lipinski definition) is 5. The summed E-state index contributed by atoms with van der Waals surface area (Å²) < 4.78 is 32.2. The SMILES string of the molecule is COc1cc(S(=O)(=O)Nc2c(C)ccnc2Cl)ccc1N. The Hall–Kier alpha value is -1.99. The molecule has 2 aromatic rings. The van der Waals surface area contributed by atoms with Gasteiger partial charge in [-0.05, 0) is 30.7 Å². The Bertz CT molecular complexity index is 758. The molecule has 0 aliphatic heterocycles. The Labute approximate surface area is 128 Å². The van der Waals surface area contributed by atoms with Gasteiger partial charge >= 0.3 is 0 Å². The van der Waals surface area contributed by atoms with Crippen molar-refractivity contribution < 1.29 is 13.2 Å². The molecule has 0 amide bonds. The molecule has 8 heteroatoms. The summed E-state index contributed by atoms with van der Waals surface area (Å²) in [6.07, 6.45) is 1.50. The Morgan fingerprint density at radius 1 is 1.33 bits per heavy atom. The molecule has 1 aromatic carbocycles. The van der Waals surface area contributed by atoms with Gasteiger partial charge in [-0.2, -0.15) is 0 Å². The molecule has 1 aromatic heterocycles. The second-order valence-electron chi connectivity index (χ2n) is 4.30. The van der Waals surface area contributed by atoms with E-state index in [0.717, 1.165) is 0 Å². The topological polar surface area (TPSA) is 94.3 Å². The number of sulfonamides is 1. The fourth-order valence-electron chi connectivity index (χ4n) is 1.70. The number of pyridine rings is 1. The average Bonchev–Trinajstić information content (AvgIpc) is 2.43. The molecule has 0 aliphatic rings. The van der Waals surface area contributed by atoms with Gasteiger partial charge in [-0.25, -0.2) is 13.4 Å². The number of benzene rings is 1. The van der Waals surface area contributed by atoms with Crippen LogP contribution in [0.5, 0.6) is 5.75 Å². The fraction of sp³-hybridized carbons (Fsp3) is 0.154. The lowest BCUT2D eigenvalue weighted by molar-refractivity contribution is 0.415. The molecule has 1 heterocycles. The Balaban J connectivity index is 2.44. The van der Waals surface area contributed by atoms with E-state index in [4.69, 9.17) is 22.1 Å². The minimum absolute atomic E-state index is 0.0212. The summed E-state index contributed by atoms with van der Waals surface area (Å²) in [5, 5.41) is 0.0842. The predicted molar refractivity (Wildman–Crippen MR) is 82.2 cm³/mol. The van der Waals surface area contributed by atoms with Crippen LogP contribution in [-0.4, -0.2) is 20.5 Å². The maximum absolute atomic E-state index is 12.4. The highest BCUT2D eigenvalue weighted by Gasteiger charge is 2.19. The van der Waals surface area contributed by atoms with Crippen LogP contribution in [0.1, 0.15) is 5.56 Å². The molecule has 0 saturated carbocycles. The fourth-order valence-corrected chi connectivity index (χ4v) is 3.16. The highest BCUT2D eigenvalue weighted by molar-refractivity contribution is 7.92. The Morgan fingerprint density at radius 3 is 2.67 bits per heavy atom. The normalized spacial score (nSPS) is 11.2. The molecule has 2 rings (SSSR count). The summed E-state index contributed by atoms with van der Waals surface area (Å²) in [7, 11) is -2.40. The number of anilines is 2. The number of methoxy groups -OCH3 is 1. The molecule has 6 nitrogen and oxygen atoms in total. The minimum Gasteiger partial charge on any atom is -0.495 e. The molecule has 0 unspecified atom stereocenters. The third-order valence-electron chi connectivity index (χ3n) is 2.86. The molecule has 21 heavy (non-hydrogen) atoms. The first-order chi connectivity index (χ1) is 9.85. The number of rotatable bonds is 4. The third kappa shape index (κ3) is 3.20. The maximum Gasteiger partial charge on any atom is 0.262 e. The van der Waals surface area contributed by atoms with Gasteiger partial charge < -0.3 is 10.5 Å². The van der Waals surface area contributed by atoms with Crippen LogP contribution in [0.3, 0.4) is 0 Å². The van der Waals surface area contributed by atoms with E-state index >= 15 is 0 Å². The molecule has 3 N–H and O–H groups in total. The van der Waals surface area contributed by atoms with Gasteiger partial charge in [0.1, 0.15) is 5.75 Å². The number of halogens is 1. The smallest absolute Gasteiger partial charge is 0.262 e. The number of ether oxygens (including phenoxy) is 1. The highest BCUT2D eigenvalue weighted by Crippen LogP contribution is 2.29. The molecule has 112 valence electrons. The van der Waals surface area contributed by atoms with E-state index in [-0.39, 0.29) is 21.5 Å². The zero-order valence-corrected chi connectivity index (χ0v) is 13.0. The lowest BCUT2D eigenvalue weighted by atomic mass is 10.3. The second kappa shape index (κ2) is 5.79. The molecule has 0 spiro atoms. The second-order valence-corrected chi connectivity index (χ2v) is 6.34. The van der Waals surface area contributed by atoms with Gasteiger partial charge in [0.2, 0.25) is 0 Å². The molecule has 0 fully saturated rings. The van der Waals surface area contributed by atoms with Crippen molar-refractivity contribution in [3.63, 3.8) is 0 Å². The Morgan fingerprint density at radius 2 is 2.05 bits per heavy atom. The summed E-state index contributed by atoms with van der Waals surface area (Å²) in [6.45, 7) is 1.73. The molecular weight excluding hydrogens is 314 g/mol. The number of nitrogens with two attached hydrogens (primary N) is 1. The van der Waals surface area contributed by atoms with Crippen molar-refractivity contribution in [3.8, 4) is 5.75 Å². The van der Waals surface area contributed by atoms with E-state index in [1.807, 2.05) is 0 Å². The van der Waals surface area contributed by atoms with E-state index < -0.39 is 10.0 Å². The van der Waals surface area contributed by atoms with Gasteiger partial charge in [0.05, 0.1) is 23.4 Å². The van der Waals surface area contributed by atoms with Gasteiger partial charge in [0, 0.05) is 12.3 Å². The first-order valence-electron chi connectivity index (χ1n) is 5.92. The minimum atomic E-state index is -3.82. The van der Waals surface area contributed by atoms with Crippen LogP contribution in [0.4, 0.5) is 11.4 Å². The van der Waals surface area contributed by atoms with E-state index in [9.17, 15) is 8.42 Å². The van der Waals surface area contributed by atoms with Crippen molar-refractivity contribution in [1.29, 1.82) is 0 Å². The maximum atomic E-state index is 12.4. The average molecular weight is 328 g/mol. The van der Waals surface area contributed by atoms with Gasteiger partial charge in [-0.3, -0.25) is 4.72 Å². The van der Waals surface area contributed by atoms with Crippen LogP contribution in [0.15, 0.2) is 35.4 Å². The van der Waals surface area contributed by atoms with E-state index in [1.54, 1.807) is 13.0 Å². The van der Waals surface area contributed by atoms with Crippen molar-refractivity contribution in [3.05, 3.63) is 41.2 Å². The number of hydrogen-bond donors (Lipinski definition) is 2. The third-order valence-corrected chi connectivity index (χ3v) is 4.50. The van der Waals surface area contributed by atoms with Crippen molar-refractivity contribution >= 4 is 33.0 Å². The number of aryl methyl sites for hydroxylation is 1. The van der Waals surface area contributed by atoms with Crippen molar-refractivity contribution in [2.24, 2.45) is 0 Å². The number of nitrogens with one attached hydrogen (secondary N) is 1. The van der Waals surface area contributed by atoms with Gasteiger partial charge in [-0.15, -0.1) is 0 Å². The standard InChI is InChI=1S/C13H14ClN3O3S/c1-8-5-6-16-13(14)12(8)17-21(18,19)9-3-4-10(15)11(7-9)20-2/h3-7,17H,15H2,1-2H3. The van der Waals surface area contributed by atoms with Crippen LogP contribution < -0.4 is 15.2 Å². The summed E-state index contributed by atoms with van der Waals surface area (Å²) in [4.78, 5) is 3.88. The lowest BCUT2D eigenvalue weighted by Crippen LogP contribution is -2.14. The molecule has 0 radical (unpaired) electrons. The van der Waals surface area contributed by atoms with Crippen LogP contribution in [0, 0.1) is 6.92 Å².